The lowest BCUT2D eigenvalue weighted by atomic mass is 9.85. The van der Waals surface area contributed by atoms with E-state index in [1.54, 1.807) is 0 Å². The van der Waals surface area contributed by atoms with Crippen molar-refractivity contribution < 1.29 is 0 Å². The van der Waals surface area contributed by atoms with Gasteiger partial charge in [0.05, 0.1) is 0 Å². The van der Waals surface area contributed by atoms with Gasteiger partial charge in [0.1, 0.15) is 0 Å². The Kier molecular flexibility index (Phi) is 6.10. The van der Waals surface area contributed by atoms with Gasteiger partial charge in [0, 0.05) is 24.4 Å². The second kappa shape index (κ2) is 5.99. The maximum atomic E-state index is 5.85. The predicted molar refractivity (Wildman–Crippen MR) is 67.9 cm³/mol. The van der Waals surface area contributed by atoms with Gasteiger partial charge in [-0.3, -0.25) is 4.90 Å². The molecule has 2 N–H and O–H groups in total. The summed E-state index contributed by atoms with van der Waals surface area (Å²) in [5.74, 6) is 1.17. The van der Waals surface area contributed by atoms with Gasteiger partial charge in [0.2, 0.25) is 0 Å². The Morgan fingerprint density at radius 1 is 1.36 bits per heavy atom. The Balaban J connectivity index is 4.38. The van der Waals surface area contributed by atoms with Crippen LogP contribution in [0.15, 0.2) is 0 Å². The topological polar surface area (TPSA) is 29.3 Å². The van der Waals surface area contributed by atoms with Crippen molar-refractivity contribution in [1.29, 1.82) is 0 Å². The molecule has 2 nitrogen and oxygen atoms in total. The highest BCUT2D eigenvalue weighted by atomic mass is 32.2. The van der Waals surface area contributed by atoms with Crippen molar-refractivity contribution in [1.82, 2.24) is 4.90 Å². The molecule has 2 unspecified atom stereocenters. The fourth-order valence-corrected chi connectivity index (χ4v) is 2.51. The number of likely N-dealkylation sites (N-methyl/N-ethyl adjacent to an activating group) is 1. The van der Waals surface area contributed by atoms with Gasteiger partial charge in [-0.2, -0.15) is 11.8 Å². The molecule has 0 spiro atoms. The Bertz CT molecular complexity index is 154. The molecule has 0 aromatic carbocycles. The number of hydrogen-bond donors (Lipinski definition) is 1. The molecule has 0 radical (unpaired) electrons. The van der Waals surface area contributed by atoms with Gasteiger partial charge in [0.25, 0.3) is 0 Å². The van der Waals surface area contributed by atoms with Crippen molar-refractivity contribution >= 4 is 11.8 Å². The second-order valence-corrected chi connectivity index (χ2v) is 6.00. The van der Waals surface area contributed by atoms with Crippen LogP contribution in [0.1, 0.15) is 27.7 Å². The molecule has 0 fully saturated rings. The average Bonchev–Trinajstić information content (AvgIpc) is 2.03. The van der Waals surface area contributed by atoms with Gasteiger partial charge in [0.15, 0.2) is 0 Å². The van der Waals surface area contributed by atoms with Gasteiger partial charge in [-0.05, 0) is 25.6 Å². The fourth-order valence-electron chi connectivity index (χ4n) is 1.80. The summed E-state index contributed by atoms with van der Waals surface area (Å²) in [5, 5.41) is 0. The van der Waals surface area contributed by atoms with E-state index in [4.69, 9.17) is 5.73 Å². The van der Waals surface area contributed by atoms with Crippen molar-refractivity contribution in [3.8, 4) is 0 Å². The van der Waals surface area contributed by atoms with E-state index in [-0.39, 0.29) is 5.41 Å². The normalized spacial score (nSPS) is 17.1. The van der Waals surface area contributed by atoms with E-state index in [9.17, 15) is 0 Å². The van der Waals surface area contributed by atoms with Crippen LogP contribution < -0.4 is 5.73 Å². The van der Waals surface area contributed by atoms with E-state index in [1.165, 1.54) is 5.75 Å². The van der Waals surface area contributed by atoms with Gasteiger partial charge < -0.3 is 5.73 Å². The van der Waals surface area contributed by atoms with Crippen molar-refractivity contribution in [2.75, 3.05) is 25.6 Å². The molecule has 0 rings (SSSR count). The summed E-state index contributed by atoms with van der Waals surface area (Å²) in [6, 6.07) is 1.06. The maximum absolute atomic E-state index is 5.85. The van der Waals surface area contributed by atoms with Crippen LogP contribution in [0.25, 0.3) is 0 Å². The van der Waals surface area contributed by atoms with Crippen LogP contribution in [0.4, 0.5) is 0 Å². The Hall–Kier alpha value is 0.270. The molecule has 0 saturated heterocycles. The first-order valence-corrected chi connectivity index (χ1v) is 6.65. The van der Waals surface area contributed by atoms with Gasteiger partial charge in [-0.1, -0.05) is 20.8 Å². The van der Waals surface area contributed by atoms with Crippen LogP contribution in [0.5, 0.6) is 0 Å². The van der Waals surface area contributed by atoms with Crippen LogP contribution in [0, 0.1) is 5.41 Å². The summed E-state index contributed by atoms with van der Waals surface area (Å²) in [6.07, 6.45) is 2.15. The molecular formula is C11H26N2S. The molecule has 0 bridgehead atoms. The zero-order valence-electron chi connectivity index (χ0n) is 10.5. The Labute approximate surface area is 93.6 Å². The first-order valence-electron chi connectivity index (χ1n) is 5.25. The average molecular weight is 218 g/mol. The fraction of sp³-hybridized carbons (Fsp3) is 1.00. The molecule has 0 aliphatic rings. The smallest absolute Gasteiger partial charge is 0.0266 e. The van der Waals surface area contributed by atoms with Crippen molar-refractivity contribution in [3.05, 3.63) is 0 Å². The first kappa shape index (κ1) is 14.3. The minimum absolute atomic E-state index is 0.260. The maximum Gasteiger partial charge on any atom is 0.0266 e. The van der Waals surface area contributed by atoms with Crippen LogP contribution in [-0.4, -0.2) is 42.6 Å². The third-order valence-corrected chi connectivity index (χ3v) is 3.63. The molecule has 14 heavy (non-hydrogen) atoms. The summed E-state index contributed by atoms with van der Waals surface area (Å²) in [6.45, 7) is 9.77. The molecule has 0 amide bonds. The van der Waals surface area contributed by atoms with Crippen molar-refractivity contribution in [2.24, 2.45) is 11.1 Å². The molecular weight excluding hydrogens is 192 g/mol. The summed E-state index contributed by atoms with van der Waals surface area (Å²) in [7, 11) is 2.18. The second-order valence-electron chi connectivity index (χ2n) is 5.09. The van der Waals surface area contributed by atoms with E-state index < -0.39 is 0 Å². The third kappa shape index (κ3) is 4.20. The summed E-state index contributed by atoms with van der Waals surface area (Å²) >= 11 is 1.89. The molecule has 0 aromatic heterocycles. The molecule has 0 aromatic rings. The lowest BCUT2D eigenvalue weighted by Gasteiger charge is -2.40. The van der Waals surface area contributed by atoms with E-state index in [0.29, 0.717) is 12.1 Å². The number of nitrogens with two attached hydrogens (primary N) is 1. The number of thioether (sulfide) groups is 1. The highest BCUT2D eigenvalue weighted by Gasteiger charge is 2.29. The third-order valence-electron chi connectivity index (χ3n) is 2.82. The molecule has 3 heteroatoms. The highest BCUT2D eigenvalue weighted by molar-refractivity contribution is 7.98. The Morgan fingerprint density at radius 3 is 2.14 bits per heavy atom. The van der Waals surface area contributed by atoms with E-state index in [1.807, 2.05) is 11.8 Å². The number of nitrogens with zero attached hydrogens (tertiary/aromatic N) is 1. The molecule has 0 aliphatic carbocycles. The van der Waals surface area contributed by atoms with Crippen LogP contribution in [0.3, 0.4) is 0 Å². The minimum atomic E-state index is 0.260. The SMILES string of the molecule is CSCC(C)N(C)C(CN)C(C)(C)C. The van der Waals surface area contributed by atoms with E-state index in [0.717, 1.165) is 6.54 Å². The monoisotopic (exact) mass is 218 g/mol. The standard InChI is InChI=1S/C11H26N2S/c1-9(8-14-6)13(5)10(7-12)11(2,3)4/h9-10H,7-8,12H2,1-6H3. The first-order chi connectivity index (χ1) is 6.34. The highest BCUT2D eigenvalue weighted by Crippen LogP contribution is 2.24. The zero-order valence-corrected chi connectivity index (χ0v) is 11.3. The van der Waals surface area contributed by atoms with Crippen LogP contribution in [0.2, 0.25) is 0 Å². The molecule has 0 heterocycles. The zero-order chi connectivity index (χ0) is 11.4. The summed E-state index contributed by atoms with van der Waals surface area (Å²) in [5.41, 5.74) is 6.11. The number of hydrogen-bond acceptors (Lipinski definition) is 3. The summed E-state index contributed by atoms with van der Waals surface area (Å²) < 4.78 is 0. The van der Waals surface area contributed by atoms with Crippen LogP contribution >= 0.6 is 11.8 Å². The minimum Gasteiger partial charge on any atom is -0.329 e. The predicted octanol–water partition coefficient (Wildman–Crippen LogP) is 2.04. The van der Waals surface area contributed by atoms with Crippen molar-refractivity contribution in [2.45, 2.75) is 39.8 Å². The molecule has 0 aliphatic heterocycles. The molecule has 2 atom stereocenters. The largest absolute Gasteiger partial charge is 0.329 e. The molecule has 0 saturated carbocycles. The quantitative estimate of drug-likeness (QED) is 0.766. The lowest BCUT2D eigenvalue weighted by Crippen LogP contribution is -2.50. The van der Waals surface area contributed by atoms with Gasteiger partial charge in [-0.15, -0.1) is 0 Å². The number of rotatable bonds is 5. The van der Waals surface area contributed by atoms with E-state index in [2.05, 4.69) is 45.9 Å². The Morgan fingerprint density at radius 2 is 1.86 bits per heavy atom. The van der Waals surface area contributed by atoms with E-state index >= 15 is 0 Å². The van der Waals surface area contributed by atoms with Gasteiger partial charge in [-0.25, -0.2) is 0 Å². The van der Waals surface area contributed by atoms with Crippen molar-refractivity contribution in [3.63, 3.8) is 0 Å². The molecule has 86 valence electrons. The lowest BCUT2D eigenvalue weighted by molar-refractivity contribution is 0.105. The summed E-state index contributed by atoms with van der Waals surface area (Å²) in [4.78, 5) is 2.41. The van der Waals surface area contributed by atoms with Gasteiger partial charge >= 0.3 is 0 Å². The van der Waals surface area contributed by atoms with Crippen LogP contribution in [-0.2, 0) is 0 Å².